The van der Waals surface area contributed by atoms with Gasteiger partial charge in [0.25, 0.3) is 0 Å². The summed E-state index contributed by atoms with van der Waals surface area (Å²) >= 11 is 1.33. The molecule has 5 N–H and O–H groups in total. The molecule has 2 rings (SSSR count). The lowest BCUT2D eigenvalue weighted by molar-refractivity contribution is -0.156. The number of nitrogens with two attached hydrogens (primary N) is 1. The van der Waals surface area contributed by atoms with Gasteiger partial charge in [0.05, 0.1) is 17.1 Å². The molecule has 1 atom stereocenters. The van der Waals surface area contributed by atoms with E-state index in [0.29, 0.717) is 18.0 Å². The van der Waals surface area contributed by atoms with Crippen LogP contribution in [0.4, 0.5) is 5.13 Å². The lowest BCUT2D eigenvalue weighted by Gasteiger charge is -2.24. The van der Waals surface area contributed by atoms with Crippen molar-refractivity contribution in [3.05, 3.63) is 41.4 Å². The number of carbonyl (C=O) groups excluding carboxylic acids is 3. The highest BCUT2D eigenvalue weighted by Crippen LogP contribution is 2.13. The van der Waals surface area contributed by atoms with E-state index in [2.05, 4.69) is 20.3 Å². The van der Waals surface area contributed by atoms with Crippen LogP contribution < -0.4 is 21.1 Å². The van der Waals surface area contributed by atoms with E-state index in [9.17, 15) is 22.8 Å². The zero-order valence-corrected chi connectivity index (χ0v) is 21.5. The Kier molecular flexibility index (Phi) is 10.2. The molecule has 0 saturated heterocycles. The average Bonchev–Trinajstić information content (AvgIpc) is 3.19. The number of rotatable bonds is 12. The summed E-state index contributed by atoms with van der Waals surface area (Å²) in [6.07, 6.45) is 1.33. The molecule has 2 amide bonds. The Balaban J connectivity index is 1.87. The van der Waals surface area contributed by atoms with Gasteiger partial charge in [-0.3, -0.25) is 14.4 Å². The minimum absolute atomic E-state index is 0.0347. The topological polar surface area (TPSA) is 170 Å². The fraction of sp³-hybridized carbons (Fsp3) is 0.455. The van der Waals surface area contributed by atoms with Crippen molar-refractivity contribution in [3.8, 4) is 0 Å². The van der Waals surface area contributed by atoms with E-state index >= 15 is 0 Å². The van der Waals surface area contributed by atoms with Crippen LogP contribution in [-0.4, -0.2) is 55.9 Å². The lowest BCUT2D eigenvalue weighted by atomic mass is 10.2. The molecule has 35 heavy (non-hydrogen) atoms. The molecule has 0 bridgehead atoms. The molecule has 0 spiro atoms. The number of sulfonamides is 1. The molecule has 1 unspecified atom stereocenters. The monoisotopic (exact) mass is 525 g/mol. The fourth-order valence-corrected chi connectivity index (χ4v) is 4.62. The normalized spacial score (nSPS) is 12.5. The first-order valence-corrected chi connectivity index (χ1v) is 13.3. The number of aryl methyl sites for hydroxylation is 1. The number of carbonyl (C=O) groups is 3. The summed E-state index contributed by atoms with van der Waals surface area (Å²) in [5.74, 6) is -1.75. The predicted molar refractivity (Wildman–Crippen MR) is 132 cm³/mol. The van der Waals surface area contributed by atoms with Gasteiger partial charge in [-0.25, -0.2) is 13.4 Å². The Hall–Kier alpha value is -3.03. The molecule has 13 heteroatoms. The SMILES string of the molecule is CC(C)(C)OC(=O)C(CNC(=O)CNC(=O)CCCc1csc(N)n1)NS(=O)(=O)c1ccccc1. The predicted octanol–water partition coefficient (Wildman–Crippen LogP) is 0.969. The van der Waals surface area contributed by atoms with Gasteiger partial charge >= 0.3 is 5.97 Å². The first-order valence-electron chi connectivity index (χ1n) is 10.9. The van der Waals surface area contributed by atoms with Crippen molar-refractivity contribution in [1.82, 2.24) is 20.3 Å². The second-order valence-electron chi connectivity index (χ2n) is 8.63. The molecule has 0 saturated carbocycles. The van der Waals surface area contributed by atoms with E-state index in [-0.39, 0.29) is 30.3 Å². The highest BCUT2D eigenvalue weighted by atomic mass is 32.2. The molecule has 1 heterocycles. The van der Waals surface area contributed by atoms with Crippen LogP contribution in [0.5, 0.6) is 0 Å². The lowest BCUT2D eigenvalue weighted by Crippen LogP contribution is -2.51. The Labute approximate surface area is 208 Å². The van der Waals surface area contributed by atoms with Crippen LogP contribution >= 0.6 is 11.3 Å². The second-order valence-corrected chi connectivity index (χ2v) is 11.2. The standard InChI is InChI=1S/C22H31N5O6S2/c1-22(2,3)33-20(30)17(27-35(31,32)16-9-5-4-6-10-16)12-24-19(29)13-25-18(28)11-7-8-15-14-34-21(23)26-15/h4-6,9-10,14,17,27H,7-8,11-13H2,1-3H3,(H2,23,26)(H,24,29)(H,25,28). The fourth-order valence-electron chi connectivity index (χ4n) is 2.81. The van der Waals surface area contributed by atoms with Gasteiger partial charge in [0.2, 0.25) is 21.8 Å². The number of aromatic nitrogens is 1. The Morgan fingerprint density at radius 3 is 2.40 bits per heavy atom. The Morgan fingerprint density at radius 1 is 1.11 bits per heavy atom. The number of hydrogen-bond acceptors (Lipinski definition) is 9. The van der Waals surface area contributed by atoms with Gasteiger partial charge < -0.3 is 21.1 Å². The zero-order valence-electron chi connectivity index (χ0n) is 19.9. The molecular weight excluding hydrogens is 494 g/mol. The van der Waals surface area contributed by atoms with Crippen LogP contribution in [0.2, 0.25) is 0 Å². The van der Waals surface area contributed by atoms with Gasteiger partial charge in [-0.2, -0.15) is 4.72 Å². The van der Waals surface area contributed by atoms with Gasteiger partial charge in [0, 0.05) is 18.3 Å². The van der Waals surface area contributed by atoms with Gasteiger partial charge in [-0.05, 0) is 45.7 Å². The van der Waals surface area contributed by atoms with Crippen molar-refractivity contribution in [2.75, 3.05) is 18.8 Å². The summed E-state index contributed by atoms with van der Waals surface area (Å²) < 4.78 is 32.9. The van der Waals surface area contributed by atoms with E-state index in [1.807, 2.05) is 5.38 Å². The summed E-state index contributed by atoms with van der Waals surface area (Å²) in [6.45, 7) is 4.25. The highest BCUT2D eigenvalue weighted by Gasteiger charge is 2.30. The third-order valence-electron chi connectivity index (χ3n) is 4.40. The molecule has 0 fully saturated rings. The van der Waals surface area contributed by atoms with E-state index in [4.69, 9.17) is 10.5 Å². The highest BCUT2D eigenvalue weighted by molar-refractivity contribution is 7.89. The quantitative estimate of drug-likeness (QED) is 0.297. The van der Waals surface area contributed by atoms with Crippen molar-refractivity contribution in [1.29, 1.82) is 0 Å². The third-order valence-corrected chi connectivity index (χ3v) is 6.61. The number of thiazole rings is 1. The van der Waals surface area contributed by atoms with E-state index in [1.165, 1.54) is 23.5 Å². The second kappa shape index (κ2) is 12.6. The minimum atomic E-state index is -4.05. The maximum Gasteiger partial charge on any atom is 0.326 e. The number of ether oxygens (including phenoxy) is 1. The number of amides is 2. The van der Waals surface area contributed by atoms with Crippen molar-refractivity contribution >= 4 is 44.3 Å². The number of nitrogens with one attached hydrogen (secondary N) is 3. The number of hydrogen-bond donors (Lipinski definition) is 4. The Bertz CT molecular complexity index is 1110. The molecule has 1 aromatic heterocycles. The van der Waals surface area contributed by atoms with E-state index in [1.54, 1.807) is 39.0 Å². The van der Waals surface area contributed by atoms with Crippen molar-refractivity contribution in [3.63, 3.8) is 0 Å². The summed E-state index contributed by atoms with van der Waals surface area (Å²) in [7, 11) is -4.05. The molecule has 0 aliphatic heterocycles. The van der Waals surface area contributed by atoms with Crippen LogP contribution in [0.3, 0.4) is 0 Å². The number of nitrogens with zero attached hydrogens (tertiary/aromatic N) is 1. The summed E-state index contributed by atoms with van der Waals surface area (Å²) in [4.78, 5) is 40.9. The van der Waals surface area contributed by atoms with Crippen LogP contribution in [0.1, 0.15) is 39.3 Å². The average molecular weight is 526 g/mol. The first-order chi connectivity index (χ1) is 16.4. The van der Waals surface area contributed by atoms with Crippen LogP contribution in [0.25, 0.3) is 0 Å². The molecular formula is C22H31N5O6S2. The van der Waals surface area contributed by atoms with Crippen LogP contribution in [0.15, 0.2) is 40.6 Å². The molecule has 1 aromatic carbocycles. The molecule has 192 valence electrons. The summed E-state index contributed by atoms with van der Waals surface area (Å²) in [5.41, 5.74) is 5.51. The van der Waals surface area contributed by atoms with Crippen molar-refractivity contribution in [2.45, 2.75) is 56.6 Å². The largest absolute Gasteiger partial charge is 0.459 e. The van der Waals surface area contributed by atoms with Crippen molar-refractivity contribution < 1.29 is 27.5 Å². The van der Waals surface area contributed by atoms with Crippen LogP contribution in [-0.2, 0) is 35.6 Å². The third kappa shape index (κ3) is 10.4. The maximum atomic E-state index is 12.7. The summed E-state index contributed by atoms with van der Waals surface area (Å²) in [6, 6.07) is 6.15. The van der Waals surface area contributed by atoms with Crippen molar-refractivity contribution in [2.24, 2.45) is 0 Å². The first kappa shape index (κ1) is 28.2. The molecule has 11 nitrogen and oxygen atoms in total. The van der Waals surface area contributed by atoms with Gasteiger partial charge in [0.1, 0.15) is 11.6 Å². The molecule has 0 radical (unpaired) electrons. The number of nitrogen functional groups attached to an aromatic ring is 1. The minimum Gasteiger partial charge on any atom is -0.459 e. The Morgan fingerprint density at radius 2 is 1.80 bits per heavy atom. The van der Waals surface area contributed by atoms with Gasteiger partial charge in [-0.1, -0.05) is 18.2 Å². The van der Waals surface area contributed by atoms with Crippen LogP contribution in [0, 0.1) is 0 Å². The number of anilines is 1. The van der Waals surface area contributed by atoms with E-state index < -0.39 is 33.5 Å². The number of esters is 1. The van der Waals surface area contributed by atoms with Gasteiger partial charge in [0.15, 0.2) is 5.13 Å². The maximum absolute atomic E-state index is 12.7. The summed E-state index contributed by atoms with van der Waals surface area (Å²) in [5, 5.41) is 7.25. The molecule has 0 aliphatic rings. The zero-order chi connectivity index (χ0) is 26.1. The molecule has 2 aromatic rings. The smallest absolute Gasteiger partial charge is 0.326 e. The molecule has 0 aliphatic carbocycles. The van der Waals surface area contributed by atoms with E-state index in [0.717, 1.165) is 5.69 Å². The van der Waals surface area contributed by atoms with Gasteiger partial charge in [-0.15, -0.1) is 11.3 Å². The number of benzene rings is 1.